The van der Waals surface area contributed by atoms with Crippen molar-refractivity contribution in [1.82, 2.24) is 10.3 Å². The molecule has 0 fully saturated rings. The number of carbonyl (C=O) groups is 1. The normalized spacial score (nSPS) is 10.1. The fourth-order valence-corrected chi connectivity index (χ4v) is 1.99. The molecule has 1 aromatic carbocycles. The lowest BCUT2D eigenvalue weighted by atomic mass is 10.1. The average molecular weight is 285 g/mol. The lowest BCUT2D eigenvalue weighted by Crippen LogP contribution is -2.19. The van der Waals surface area contributed by atoms with E-state index in [-0.39, 0.29) is 5.91 Å². The Morgan fingerprint density at radius 2 is 2.05 bits per heavy atom. The number of nitrogens with zero attached hydrogens (tertiary/aromatic N) is 1. The molecule has 0 saturated heterocycles. The number of carbonyl (C=O) groups excluding carboxylic acids is 1. The number of pyridine rings is 1. The van der Waals surface area contributed by atoms with Crippen LogP contribution >= 0.6 is 0 Å². The maximum Gasteiger partial charge on any atom is 0.254 e. The smallest absolute Gasteiger partial charge is 0.254 e. The van der Waals surface area contributed by atoms with Crippen LogP contribution in [0.5, 0.6) is 5.75 Å². The number of anilines is 1. The summed E-state index contributed by atoms with van der Waals surface area (Å²) < 4.78 is 5.71. The standard InChI is InChI=1S/C16H19N3O2/c1-18-16(20)14-5-4-13(17)11-15(14)21-10-2-3-12-6-8-19-9-7-12/h4-9,11H,2-3,10,17H2,1H3,(H,18,20). The van der Waals surface area contributed by atoms with Gasteiger partial charge in [-0.3, -0.25) is 9.78 Å². The zero-order valence-corrected chi connectivity index (χ0v) is 12.0. The summed E-state index contributed by atoms with van der Waals surface area (Å²) in [5.41, 5.74) is 8.03. The molecule has 2 rings (SSSR count). The molecule has 0 radical (unpaired) electrons. The van der Waals surface area contributed by atoms with Crippen molar-refractivity contribution >= 4 is 11.6 Å². The molecule has 0 aliphatic carbocycles. The molecule has 0 spiro atoms. The minimum absolute atomic E-state index is 0.181. The Kier molecular flexibility index (Phi) is 5.15. The maximum atomic E-state index is 11.8. The summed E-state index contributed by atoms with van der Waals surface area (Å²) in [7, 11) is 1.59. The van der Waals surface area contributed by atoms with Crippen LogP contribution in [0.4, 0.5) is 5.69 Å². The van der Waals surface area contributed by atoms with Crippen molar-refractivity contribution in [3.63, 3.8) is 0 Å². The van der Waals surface area contributed by atoms with E-state index < -0.39 is 0 Å². The van der Waals surface area contributed by atoms with Gasteiger partial charge in [0.2, 0.25) is 0 Å². The summed E-state index contributed by atoms with van der Waals surface area (Å²) in [6.45, 7) is 0.524. The Morgan fingerprint density at radius 3 is 2.76 bits per heavy atom. The van der Waals surface area contributed by atoms with E-state index in [2.05, 4.69) is 10.3 Å². The van der Waals surface area contributed by atoms with Crippen molar-refractivity contribution in [2.45, 2.75) is 12.8 Å². The maximum absolute atomic E-state index is 11.8. The van der Waals surface area contributed by atoms with Gasteiger partial charge in [-0.05, 0) is 42.7 Å². The number of ether oxygens (including phenoxy) is 1. The molecule has 0 saturated carbocycles. The molecular formula is C16H19N3O2. The van der Waals surface area contributed by atoms with Crippen LogP contribution in [-0.2, 0) is 6.42 Å². The predicted octanol–water partition coefficient (Wildman–Crippen LogP) is 2.04. The van der Waals surface area contributed by atoms with E-state index in [9.17, 15) is 4.79 Å². The van der Waals surface area contributed by atoms with Crippen molar-refractivity contribution in [3.8, 4) is 5.75 Å². The van der Waals surface area contributed by atoms with Crippen LogP contribution in [0.1, 0.15) is 22.3 Å². The first kappa shape index (κ1) is 14.8. The Hall–Kier alpha value is -2.56. The van der Waals surface area contributed by atoms with Gasteiger partial charge in [-0.15, -0.1) is 0 Å². The van der Waals surface area contributed by atoms with Crippen LogP contribution in [0, 0.1) is 0 Å². The first-order chi connectivity index (χ1) is 10.2. The number of amides is 1. The largest absolute Gasteiger partial charge is 0.493 e. The van der Waals surface area contributed by atoms with Gasteiger partial charge in [0.25, 0.3) is 5.91 Å². The molecule has 3 N–H and O–H groups in total. The fraction of sp³-hybridized carbons (Fsp3) is 0.250. The minimum atomic E-state index is -0.181. The van der Waals surface area contributed by atoms with Gasteiger partial charge >= 0.3 is 0 Å². The molecule has 1 aromatic heterocycles. The summed E-state index contributed by atoms with van der Waals surface area (Å²) in [6.07, 6.45) is 5.31. The molecule has 1 heterocycles. The zero-order valence-electron chi connectivity index (χ0n) is 12.0. The number of rotatable bonds is 6. The second kappa shape index (κ2) is 7.28. The fourth-order valence-electron chi connectivity index (χ4n) is 1.99. The van der Waals surface area contributed by atoms with Crippen molar-refractivity contribution in [2.24, 2.45) is 0 Å². The third-order valence-corrected chi connectivity index (χ3v) is 3.09. The predicted molar refractivity (Wildman–Crippen MR) is 82.3 cm³/mol. The van der Waals surface area contributed by atoms with Crippen LogP contribution in [-0.4, -0.2) is 24.5 Å². The number of hydrogen-bond acceptors (Lipinski definition) is 4. The highest BCUT2D eigenvalue weighted by molar-refractivity contribution is 5.97. The van der Waals surface area contributed by atoms with Crippen LogP contribution in [0.2, 0.25) is 0 Å². The molecule has 0 aliphatic rings. The third kappa shape index (κ3) is 4.21. The third-order valence-electron chi connectivity index (χ3n) is 3.09. The van der Waals surface area contributed by atoms with Gasteiger partial charge in [0, 0.05) is 31.2 Å². The van der Waals surface area contributed by atoms with E-state index in [1.807, 2.05) is 12.1 Å². The average Bonchev–Trinajstić information content (AvgIpc) is 2.52. The molecule has 0 aliphatic heterocycles. The molecule has 5 heteroatoms. The van der Waals surface area contributed by atoms with Crippen molar-refractivity contribution in [1.29, 1.82) is 0 Å². The highest BCUT2D eigenvalue weighted by Crippen LogP contribution is 2.22. The van der Waals surface area contributed by atoms with Crippen LogP contribution < -0.4 is 15.8 Å². The number of nitrogens with one attached hydrogen (secondary N) is 1. The van der Waals surface area contributed by atoms with Gasteiger partial charge in [0.1, 0.15) is 5.75 Å². The van der Waals surface area contributed by atoms with Gasteiger partial charge in [0.05, 0.1) is 12.2 Å². The molecular weight excluding hydrogens is 266 g/mol. The molecule has 21 heavy (non-hydrogen) atoms. The molecule has 0 unspecified atom stereocenters. The monoisotopic (exact) mass is 285 g/mol. The number of aryl methyl sites for hydroxylation is 1. The van der Waals surface area contributed by atoms with Gasteiger partial charge in [0.15, 0.2) is 0 Å². The summed E-state index contributed by atoms with van der Waals surface area (Å²) in [5, 5.41) is 2.59. The number of aromatic nitrogens is 1. The van der Waals surface area contributed by atoms with Crippen LogP contribution in [0.3, 0.4) is 0 Å². The molecule has 1 amide bonds. The van der Waals surface area contributed by atoms with Gasteiger partial charge in [-0.2, -0.15) is 0 Å². The highest BCUT2D eigenvalue weighted by atomic mass is 16.5. The van der Waals surface area contributed by atoms with Crippen molar-refractivity contribution in [3.05, 3.63) is 53.9 Å². The van der Waals surface area contributed by atoms with Gasteiger partial charge in [-0.1, -0.05) is 0 Å². The van der Waals surface area contributed by atoms with E-state index in [0.29, 0.717) is 23.6 Å². The first-order valence-electron chi connectivity index (χ1n) is 6.84. The molecule has 0 bridgehead atoms. The Balaban J connectivity index is 1.93. The summed E-state index contributed by atoms with van der Waals surface area (Å²) in [6, 6.07) is 9.00. The lowest BCUT2D eigenvalue weighted by molar-refractivity contribution is 0.0959. The van der Waals surface area contributed by atoms with Gasteiger partial charge < -0.3 is 15.8 Å². The lowest BCUT2D eigenvalue weighted by Gasteiger charge is -2.11. The topological polar surface area (TPSA) is 77.2 Å². The second-order valence-corrected chi connectivity index (χ2v) is 4.64. The first-order valence-corrected chi connectivity index (χ1v) is 6.84. The number of nitrogens with two attached hydrogens (primary N) is 1. The second-order valence-electron chi connectivity index (χ2n) is 4.64. The number of nitrogen functional groups attached to an aromatic ring is 1. The molecule has 5 nitrogen and oxygen atoms in total. The van der Waals surface area contributed by atoms with Crippen LogP contribution in [0.25, 0.3) is 0 Å². The van der Waals surface area contributed by atoms with E-state index >= 15 is 0 Å². The minimum Gasteiger partial charge on any atom is -0.493 e. The van der Waals surface area contributed by atoms with Gasteiger partial charge in [-0.25, -0.2) is 0 Å². The summed E-state index contributed by atoms with van der Waals surface area (Å²) in [4.78, 5) is 15.7. The van der Waals surface area contributed by atoms with Crippen LogP contribution in [0.15, 0.2) is 42.7 Å². The zero-order chi connectivity index (χ0) is 15.1. The summed E-state index contributed by atoms with van der Waals surface area (Å²) in [5.74, 6) is 0.336. The Bertz CT molecular complexity index is 600. The van der Waals surface area contributed by atoms with E-state index in [4.69, 9.17) is 10.5 Å². The Labute approximate surface area is 124 Å². The van der Waals surface area contributed by atoms with E-state index in [1.165, 1.54) is 5.56 Å². The van der Waals surface area contributed by atoms with E-state index in [0.717, 1.165) is 12.8 Å². The Morgan fingerprint density at radius 1 is 1.29 bits per heavy atom. The SMILES string of the molecule is CNC(=O)c1ccc(N)cc1OCCCc1ccncc1. The quantitative estimate of drug-likeness (QED) is 0.629. The van der Waals surface area contributed by atoms with E-state index in [1.54, 1.807) is 37.6 Å². The van der Waals surface area contributed by atoms with Crippen molar-refractivity contribution in [2.75, 3.05) is 19.4 Å². The molecule has 0 atom stereocenters. The highest BCUT2D eigenvalue weighted by Gasteiger charge is 2.11. The number of hydrogen-bond donors (Lipinski definition) is 2. The summed E-state index contributed by atoms with van der Waals surface area (Å²) >= 11 is 0. The number of benzene rings is 1. The molecule has 110 valence electrons. The van der Waals surface area contributed by atoms with Crippen molar-refractivity contribution < 1.29 is 9.53 Å². The molecule has 2 aromatic rings.